The summed E-state index contributed by atoms with van der Waals surface area (Å²) in [6, 6.07) is 2.61. The molecule has 0 unspecified atom stereocenters. The lowest BCUT2D eigenvalue weighted by molar-refractivity contribution is 0.236. The number of nitrogens with zero attached hydrogens (tertiary/aromatic N) is 2. The van der Waals surface area contributed by atoms with Crippen LogP contribution in [-0.4, -0.2) is 42.0 Å². The molecule has 1 aromatic rings. The molecule has 1 aromatic heterocycles. The Morgan fingerprint density at radius 1 is 1.47 bits per heavy atom. The molecule has 6 nitrogen and oxygen atoms in total. The Hall–Kier alpha value is -1.18. The van der Waals surface area contributed by atoms with E-state index >= 15 is 0 Å². The van der Waals surface area contributed by atoms with Gasteiger partial charge in [0.05, 0.1) is 6.61 Å². The maximum Gasteiger partial charge on any atom is 0.244 e. The summed E-state index contributed by atoms with van der Waals surface area (Å²) < 4.78 is 25.6. The highest BCUT2D eigenvalue weighted by Gasteiger charge is 2.26. The fourth-order valence-corrected chi connectivity index (χ4v) is 3.01. The number of sulfonamides is 1. The van der Waals surface area contributed by atoms with Crippen molar-refractivity contribution in [3.63, 3.8) is 0 Å². The normalized spacial score (nSPS) is 12.3. The fraction of sp³-hybridized carbons (Fsp3) is 0.500. The largest absolute Gasteiger partial charge is 0.395 e. The van der Waals surface area contributed by atoms with Crippen molar-refractivity contribution < 1.29 is 13.5 Å². The molecule has 0 atom stereocenters. The highest BCUT2D eigenvalue weighted by molar-refractivity contribution is 7.89. The van der Waals surface area contributed by atoms with Crippen molar-refractivity contribution in [2.24, 2.45) is 0 Å². The van der Waals surface area contributed by atoms with Crippen LogP contribution in [0.15, 0.2) is 23.2 Å². The van der Waals surface area contributed by atoms with Gasteiger partial charge in [-0.15, -0.1) is 0 Å². The molecule has 0 spiro atoms. The number of nitrogens with two attached hydrogens (primary N) is 1. The minimum absolute atomic E-state index is 0.0599. The van der Waals surface area contributed by atoms with Gasteiger partial charge in [0, 0.05) is 18.8 Å². The third-order valence-electron chi connectivity index (χ3n) is 2.26. The Morgan fingerprint density at radius 3 is 2.53 bits per heavy atom. The first-order valence-electron chi connectivity index (χ1n) is 5.24. The van der Waals surface area contributed by atoms with Crippen molar-refractivity contribution in [1.82, 2.24) is 9.29 Å². The van der Waals surface area contributed by atoms with Crippen LogP contribution in [0.1, 0.15) is 13.8 Å². The van der Waals surface area contributed by atoms with Gasteiger partial charge in [-0.3, -0.25) is 0 Å². The molecule has 0 aromatic carbocycles. The summed E-state index contributed by atoms with van der Waals surface area (Å²) in [7, 11) is -3.62. The van der Waals surface area contributed by atoms with Crippen molar-refractivity contribution in [1.29, 1.82) is 0 Å². The molecule has 96 valence electrons. The second-order valence-corrected chi connectivity index (χ2v) is 5.74. The minimum Gasteiger partial charge on any atom is -0.395 e. The zero-order valence-corrected chi connectivity index (χ0v) is 10.7. The average molecular weight is 259 g/mol. The molecule has 0 saturated heterocycles. The minimum atomic E-state index is -3.62. The van der Waals surface area contributed by atoms with Gasteiger partial charge in [0.2, 0.25) is 10.0 Å². The average Bonchev–Trinajstić information content (AvgIpc) is 2.25. The number of hydrogen-bond acceptors (Lipinski definition) is 5. The predicted molar refractivity (Wildman–Crippen MR) is 64.8 cm³/mol. The van der Waals surface area contributed by atoms with Crippen LogP contribution in [0.2, 0.25) is 0 Å². The number of pyridine rings is 1. The van der Waals surface area contributed by atoms with Crippen molar-refractivity contribution in [2.45, 2.75) is 24.8 Å². The summed E-state index contributed by atoms with van der Waals surface area (Å²) in [5.41, 5.74) is 5.40. The molecule has 0 aliphatic rings. The van der Waals surface area contributed by atoms with Crippen LogP contribution in [0.5, 0.6) is 0 Å². The summed E-state index contributed by atoms with van der Waals surface area (Å²) in [6.07, 6.45) is 1.22. The number of anilines is 1. The number of aliphatic hydroxyl groups excluding tert-OH is 1. The van der Waals surface area contributed by atoms with Gasteiger partial charge in [0.15, 0.2) is 0 Å². The Balaban J connectivity index is 3.12. The highest BCUT2D eigenvalue weighted by atomic mass is 32.2. The topological polar surface area (TPSA) is 96.5 Å². The molecule has 0 aliphatic carbocycles. The van der Waals surface area contributed by atoms with Crippen LogP contribution in [-0.2, 0) is 10.0 Å². The third kappa shape index (κ3) is 3.15. The SMILES string of the molecule is CC(C)N(CCO)S(=O)(=O)c1ccc(N)nc1. The maximum absolute atomic E-state index is 12.2. The van der Waals surface area contributed by atoms with Crippen molar-refractivity contribution in [3.8, 4) is 0 Å². The lowest BCUT2D eigenvalue weighted by Crippen LogP contribution is -2.38. The van der Waals surface area contributed by atoms with Crippen molar-refractivity contribution in [3.05, 3.63) is 18.3 Å². The van der Waals surface area contributed by atoms with Gasteiger partial charge >= 0.3 is 0 Å². The van der Waals surface area contributed by atoms with E-state index in [1.807, 2.05) is 0 Å². The van der Waals surface area contributed by atoms with Crippen LogP contribution >= 0.6 is 0 Å². The fourth-order valence-electron chi connectivity index (χ4n) is 1.43. The van der Waals surface area contributed by atoms with E-state index in [0.29, 0.717) is 0 Å². The number of aliphatic hydroxyl groups is 1. The van der Waals surface area contributed by atoms with Crippen LogP contribution < -0.4 is 5.73 Å². The monoisotopic (exact) mass is 259 g/mol. The molecule has 0 aliphatic heterocycles. The van der Waals surface area contributed by atoms with Crippen LogP contribution in [0.4, 0.5) is 5.82 Å². The Morgan fingerprint density at radius 2 is 2.12 bits per heavy atom. The highest BCUT2D eigenvalue weighted by Crippen LogP contribution is 2.17. The van der Waals surface area contributed by atoms with Crippen LogP contribution in [0, 0.1) is 0 Å². The number of rotatable bonds is 5. The van der Waals surface area contributed by atoms with Gasteiger partial charge in [-0.25, -0.2) is 13.4 Å². The van der Waals surface area contributed by atoms with Crippen molar-refractivity contribution in [2.75, 3.05) is 18.9 Å². The standard InChI is InChI=1S/C10H17N3O3S/c1-8(2)13(5-6-14)17(15,16)9-3-4-10(11)12-7-9/h3-4,7-8,14H,5-6H2,1-2H3,(H2,11,12). The predicted octanol–water partition coefficient (Wildman–Crippen LogP) is 0.0552. The summed E-state index contributed by atoms with van der Waals surface area (Å²) in [5, 5.41) is 8.90. The van der Waals surface area contributed by atoms with Gasteiger partial charge in [0.25, 0.3) is 0 Å². The van der Waals surface area contributed by atoms with Crippen molar-refractivity contribution >= 4 is 15.8 Å². The Labute approximate surface area is 101 Å². The van der Waals surface area contributed by atoms with E-state index in [2.05, 4.69) is 4.98 Å². The van der Waals surface area contributed by atoms with Crippen LogP contribution in [0.25, 0.3) is 0 Å². The molecule has 0 saturated carbocycles. The maximum atomic E-state index is 12.2. The molecule has 17 heavy (non-hydrogen) atoms. The second-order valence-electron chi connectivity index (χ2n) is 3.85. The number of aromatic nitrogens is 1. The second kappa shape index (κ2) is 5.44. The summed E-state index contributed by atoms with van der Waals surface area (Å²) in [6.45, 7) is 3.33. The number of hydrogen-bond donors (Lipinski definition) is 2. The van der Waals surface area contributed by atoms with E-state index < -0.39 is 10.0 Å². The zero-order valence-electron chi connectivity index (χ0n) is 9.87. The summed E-state index contributed by atoms with van der Waals surface area (Å²) in [4.78, 5) is 3.83. The van der Waals surface area contributed by atoms with Gasteiger partial charge in [-0.2, -0.15) is 4.31 Å². The first-order chi connectivity index (χ1) is 7.89. The molecule has 1 heterocycles. The van der Waals surface area contributed by atoms with Gasteiger partial charge < -0.3 is 10.8 Å². The first kappa shape index (κ1) is 13.9. The van der Waals surface area contributed by atoms with E-state index in [9.17, 15) is 8.42 Å². The Bertz CT molecular complexity index is 456. The molecule has 7 heteroatoms. The lowest BCUT2D eigenvalue weighted by Gasteiger charge is -2.24. The zero-order chi connectivity index (χ0) is 13.1. The summed E-state index contributed by atoms with van der Waals surface area (Å²) >= 11 is 0. The van der Waals surface area contributed by atoms with E-state index in [0.717, 1.165) is 0 Å². The van der Waals surface area contributed by atoms with E-state index in [-0.39, 0.29) is 29.9 Å². The smallest absolute Gasteiger partial charge is 0.244 e. The van der Waals surface area contributed by atoms with E-state index in [4.69, 9.17) is 10.8 Å². The summed E-state index contributed by atoms with van der Waals surface area (Å²) in [5.74, 6) is 0.266. The Kier molecular flexibility index (Phi) is 4.44. The quantitative estimate of drug-likeness (QED) is 0.779. The first-order valence-corrected chi connectivity index (χ1v) is 6.68. The molecule has 1 rings (SSSR count). The number of nitrogen functional groups attached to an aromatic ring is 1. The molecule has 0 fully saturated rings. The van der Waals surface area contributed by atoms with E-state index in [1.54, 1.807) is 13.8 Å². The van der Waals surface area contributed by atoms with Gasteiger partial charge in [-0.1, -0.05) is 0 Å². The molecule has 0 radical (unpaired) electrons. The third-order valence-corrected chi connectivity index (χ3v) is 4.32. The van der Waals surface area contributed by atoms with E-state index in [1.165, 1.54) is 22.6 Å². The molecule has 0 bridgehead atoms. The van der Waals surface area contributed by atoms with Crippen LogP contribution in [0.3, 0.4) is 0 Å². The molecule has 3 N–H and O–H groups in total. The van der Waals surface area contributed by atoms with Gasteiger partial charge in [-0.05, 0) is 26.0 Å². The molecule has 0 amide bonds. The molecular formula is C10H17N3O3S. The lowest BCUT2D eigenvalue weighted by atomic mass is 10.4. The molecular weight excluding hydrogens is 242 g/mol. The van der Waals surface area contributed by atoms with Gasteiger partial charge in [0.1, 0.15) is 10.7 Å².